The van der Waals surface area contributed by atoms with Crippen LogP contribution in [0.3, 0.4) is 0 Å². The molecule has 8 heteroatoms. The summed E-state index contributed by atoms with van der Waals surface area (Å²) in [6, 6.07) is 19.2. The number of rotatable bonds is 6. The molecule has 6 nitrogen and oxygen atoms in total. The Morgan fingerprint density at radius 1 is 1.03 bits per heavy atom. The summed E-state index contributed by atoms with van der Waals surface area (Å²) in [6.07, 6.45) is 1.84. The second-order valence-corrected chi connectivity index (χ2v) is 10.9. The summed E-state index contributed by atoms with van der Waals surface area (Å²) in [5.74, 6) is -0.560. The van der Waals surface area contributed by atoms with Gasteiger partial charge in [-0.25, -0.2) is 13.2 Å². The van der Waals surface area contributed by atoms with E-state index in [9.17, 15) is 18.3 Å². The molecule has 34 heavy (non-hydrogen) atoms. The molecule has 1 N–H and O–H groups in total. The van der Waals surface area contributed by atoms with Crippen LogP contribution in [0.5, 0.6) is 5.75 Å². The lowest BCUT2D eigenvalue weighted by Crippen LogP contribution is -2.42. The molecule has 0 radical (unpaired) electrons. The second kappa shape index (κ2) is 9.74. The smallest absolute Gasteiger partial charge is 0.333 e. The minimum absolute atomic E-state index is 0.0212. The average Bonchev–Trinajstić information content (AvgIpc) is 2.83. The maximum Gasteiger partial charge on any atom is 0.333 e. The first-order valence-electron chi connectivity index (χ1n) is 10.7. The molecular formula is C26H24BrNO5S. The van der Waals surface area contributed by atoms with E-state index in [2.05, 4.69) is 15.9 Å². The quantitative estimate of drug-likeness (QED) is 0.435. The predicted molar refractivity (Wildman–Crippen MR) is 133 cm³/mol. The lowest BCUT2D eigenvalue weighted by molar-refractivity contribution is -0.133. The van der Waals surface area contributed by atoms with Crippen molar-refractivity contribution in [3.8, 4) is 5.75 Å². The Balaban J connectivity index is 1.98. The van der Waals surface area contributed by atoms with Crippen LogP contribution in [-0.2, 0) is 14.8 Å². The number of hydrogen-bond acceptors (Lipinski definition) is 4. The molecule has 1 aliphatic heterocycles. The topological polar surface area (TPSA) is 83.9 Å². The highest BCUT2D eigenvalue weighted by molar-refractivity contribution is 9.10. The second-order valence-electron chi connectivity index (χ2n) is 8.10. The van der Waals surface area contributed by atoms with Crippen LogP contribution in [0.15, 0.2) is 93.8 Å². The number of carboxylic acid groups (broad SMARTS) is 1. The number of carboxylic acids is 1. The highest BCUT2D eigenvalue weighted by atomic mass is 79.9. The fourth-order valence-electron chi connectivity index (χ4n) is 4.25. The molecule has 4 rings (SSSR count). The van der Waals surface area contributed by atoms with Gasteiger partial charge < -0.3 is 9.84 Å². The van der Waals surface area contributed by atoms with E-state index in [4.69, 9.17) is 4.74 Å². The van der Waals surface area contributed by atoms with Crippen LogP contribution in [0.25, 0.3) is 0 Å². The molecule has 3 aromatic carbocycles. The van der Waals surface area contributed by atoms with E-state index in [1.807, 2.05) is 19.1 Å². The van der Waals surface area contributed by atoms with Gasteiger partial charge in [0.05, 0.1) is 29.7 Å². The monoisotopic (exact) mass is 541 g/mol. The van der Waals surface area contributed by atoms with E-state index in [0.29, 0.717) is 11.3 Å². The Hall–Kier alpha value is -2.94. The zero-order chi connectivity index (χ0) is 24.5. The summed E-state index contributed by atoms with van der Waals surface area (Å²) in [5.41, 5.74) is 2.23. The first-order chi connectivity index (χ1) is 16.2. The standard InChI is InChI=1S/C26H24BrNO5S/c1-17-9-11-22(12-10-17)34(31,32)28-24(18-5-4-8-21(16-18)33-2)14-13-23(26(29)30)25(28)19-6-3-7-20(27)15-19/h3-13,15-16,24-25H,14H2,1-2H3,(H,29,30)/t24-,25-/m0/s1. The first-order valence-corrected chi connectivity index (χ1v) is 12.9. The fraction of sp³-hybridized carbons (Fsp3) is 0.192. The van der Waals surface area contributed by atoms with E-state index in [1.54, 1.807) is 73.8 Å². The molecule has 0 saturated carbocycles. The van der Waals surface area contributed by atoms with Gasteiger partial charge in [0.1, 0.15) is 5.75 Å². The normalized spacial score (nSPS) is 18.9. The van der Waals surface area contributed by atoms with Gasteiger partial charge in [-0.15, -0.1) is 0 Å². The van der Waals surface area contributed by atoms with Gasteiger partial charge in [0, 0.05) is 4.47 Å². The van der Waals surface area contributed by atoms with Crippen LogP contribution in [0.4, 0.5) is 0 Å². The van der Waals surface area contributed by atoms with Crippen LogP contribution in [-0.4, -0.2) is 30.9 Å². The van der Waals surface area contributed by atoms with Gasteiger partial charge >= 0.3 is 5.97 Å². The van der Waals surface area contributed by atoms with E-state index in [-0.39, 0.29) is 16.9 Å². The van der Waals surface area contributed by atoms with Crippen molar-refractivity contribution in [1.82, 2.24) is 4.31 Å². The highest BCUT2D eigenvalue weighted by Crippen LogP contribution is 2.46. The van der Waals surface area contributed by atoms with Crippen LogP contribution >= 0.6 is 15.9 Å². The molecular weight excluding hydrogens is 518 g/mol. The maximum absolute atomic E-state index is 14.1. The summed E-state index contributed by atoms with van der Waals surface area (Å²) in [5, 5.41) is 10.0. The van der Waals surface area contributed by atoms with E-state index in [1.165, 1.54) is 4.31 Å². The van der Waals surface area contributed by atoms with Crippen LogP contribution in [0.2, 0.25) is 0 Å². The molecule has 0 saturated heterocycles. The van der Waals surface area contributed by atoms with Gasteiger partial charge in [-0.1, -0.05) is 64.0 Å². The van der Waals surface area contributed by atoms with Crippen molar-refractivity contribution < 1.29 is 23.1 Å². The van der Waals surface area contributed by atoms with Crippen molar-refractivity contribution in [1.29, 1.82) is 0 Å². The SMILES string of the molecule is COc1cccc([C@@H]2CC=C(C(=O)O)[C@H](c3cccc(Br)c3)N2S(=O)(=O)c2ccc(C)cc2)c1. The minimum Gasteiger partial charge on any atom is -0.497 e. The van der Waals surface area contributed by atoms with Crippen molar-refractivity contribution in [2.75, 3.05) is 7.11 Å². The molecule has 176 valence electrons. The lowest BCUT2D eigenvalue weighted by Gasteiger charge is -2.40. The summed E-state index contributed by atoms with van der Waals surface area (Å²) >= 11 is 3.44. The molecule has 3 aromatic rings. The Morgan fingerprint density at radius 3 is 2.35 bits per heavy atom. The predicted octanol–water partition coefficient (Wildman–Crippen LogP) is 5.65. The number of methoxy groups -OCH3 is 1. The van der Waals surface area contributed by atoms with Crippen LogP contribution < -0.4 is 4.74 Å². The third kappa shape index (κ3) is 4.66. The number of carbonyl (C=O) groups is 1. The van der Waals surface area contributed by atoms with Gasteiger partial charge in [-0.05, 0) is 60.9 Å². The van der Waals surface area contributed by atoms with Gasteiger partial charge in [-0.3, -0.25) is 0 Å². The van der Waals surface area contributed by atoms with Crippen molar-refractivity contribution in [2.45, 2.75) is 30.3 Å². The van der Waals surface area contributed by atoms with E-state index < -0.39 is 28.1 Å². The Kier molecular flexibility index (Phi) is 6.93. The summed E-state index contributed by atoms with van der Waals surface area (Å²) in [7, 11) is -2.55. The molecule has 0 bridgehead atoms. The van der Waals surface area contributed by atoms with Crippen molar-refractivity contribution in [3.05, 3.63) is 106 Å². The number of aliphatic carboxylic acids is 1. The van der Waals surface area contributed by atoms with Crippen molar-refractivity contribution in [2.24, 2.45) is 0 Å². The summed E-state index contributed by atoms with van der Waals surface area (Å²) in [4.78, 5) is 12.4. The molecule has 0 spiro atoms. The highest BCUT2D eigenvalue weighted by Gasteiger charge is 2.44. The van der Waals surface area contributed by atoms with Gasteiger partial charge in [0.25, 0.3) is 0 Å². The number of nitrogens with zero attached hydrogens (tertiary/aromatic N) is 1. The van der Waals surface area contributed by atoms with Gasteiger partial charge in [0.15, 0.2) is 0 Å². The molecule has 0 aliphatic carbocycles. The number of halogens is 1. The molecule has 1 heterocycles. The first kappa shape index (κ1) is 24.2. The number of benzene rings is 3. The van der Waals surface area contributed by atoms with Crippen molar-refractivity contribution in [3.63, 3.8) is 0 Å². The van der Waals surface area contributed by atoms with Crippen LogP contribution in [0.1, 0.15) is 35.2 Å². The summed E-state index contributed by atoms with van der Waals surface area (Å²) < 4.78 is 35.7. The third-order valence-corrected chi connectivity index (χ3v) is 8.29. The molecule has 0 aromatic heterocycles. The molecule has 0 amide bonds. The van der Waals surface area contributed by atoms with E-state index >= 15 is 0 Å². The molecule has 2 atom stereocenters. The summed E-state index contributed by atoms with van der Waals surface area (Å²) in [6.45, 7) is 1.88. The Labute approximate surface area is 207 Å². The molecule has 1 aliphatic rings. The van der Waals surface area contributed by atoms with Gasteiger partial charge in [-0.2, -0.15) is 4.31 Å². The zero-order valence-electron chi connectivity index (χ0n) is 18.7. The Morgan fingerprint density at radius 2 is 1.71 bits per heavy atom. The third-order valence-electron chi connectivity index (χ3n) is 5.90. The number of aryl methyl sites for hydroxylation is 1. The largest absolute Gasteiger partial charge is 0.497 e. The fourth-order valence-corrected chi connectivity index (χ4v) is 6.44. The van der Waals surface area contributed by atoms with Crippen LogP contribution in [0, 0.1) is 6.92 Å². The number of ether oxygens (including phenoxy) is 1. The molecule has 0 fully saturated rings. The number of hydrogen-bond donors (Lipinski definition) is 1. The average molecular weight is 542 g/mol. The Bertz CT molecular complexity index is 1350. The maximum atomic E-state index is 14.1. The van der Waals surface area contributed by atoms with Gasteiger partial charge in [0.2, 0.25) is 10.0 Å². The minimum atomic E-state index is -4.10. The zero-order valence-corrected chi connectivity index (χ0v) is 21.1. The molecule has 0 unspecified atom stereocenters. The lowest BCUT2D eigenvalue weighted by atomic mass is 9.89. The van der Waals surface area contributed by atoms with Crippen molar-refractivity contribution >= 4 is 31.9 Å². The number of sulfonamides is 1. The van der Waals surface area contributed by atoms with E-state index in [0.717, 1.165) is 15.6 Å².